The number of rotatable bonds is 3. The average Bonchev–Trinajstić information content (AvgIpc) is 2.44. The van der Waals surface area contributed by atoms with E-state index in [0.717, 1.165) is 6.42 Å². The Bertz CT molecular complexity index is 551. The van der Waals surface area contributed by atoms with Gasteiger partial charge in [-0.3, -0.25) is 10.1 Å². The first-order chi connectivity index (χ1) is 9.93. The van der Waals surface area contributed by atoms with Crippen LogP contribution in [0.25, 0.3) is 0 Å². The molecule has 0 bridgehead atoms. The fraction of sp³-hybridized carbons (Fsp3) is 0.571. The second-order valence-electron chi connectivity index (χ2n) is 5.63. The summed E-state index contributed by atoms with van der Waals surface area (Å²) in [5.41, 5.74) is -0.330. The third kappa shape index (κ3) is 3.12. The Balaban J connectivity index is 2.48. The van der Waals surface area contributed by atoms with Gasteiger partial charge in [0.05, 0.1) is 12.0 Å². The lowest BCUT2D eigenvalue weighted by Crippen LogP contribution is -2.39. The second kappa shape index (κ2) is 6.07. The number of methoxy groups -OCH3 is 1. The molecule has 0 spiro atoms. The lowest BCUT2D eigenvalue weighted by molar-refractivity contribution is -0.384. The van der Waals surface area contributed by atoms with Gasteiger partial charge in [0.1, 0.15) is 5.56 Å². The molecule has 7 heteroatoms. The van der Waals surface area contributed by atoms with Gasteiger partial charge < -0.3 is 9.64 Å². The van der Waals surface area contributed by atoms with E-state index >= 15 is 0 Å². The molecular formula is C14H19N3O4. The molecule has 0 amide bonds. The number of anilines is 1. The lowest BCUT2D eigenvalue weighted by atomic mass is 9.92. The molecule has 2 atom stereocenters. The molecule has 7 nitrogen and oxygen atoms in total. The van der Waals surface area contributed by atoms with Crippen molar-refractivity contribution in [2.75, 3.05) is 25.1 Å². The first-order valence-electron chi connectivity index (χ1n) is 6.90. The zero-order valence-electron chi connectivity index (χ0n) is 12.4. The van der Waals surface area contributed by atoms with Crippen molar-refractivity contribution in [1.29, 1.82) is 0 Å². The van der Waals surface area contributed by atoms with Crippen molar-refractivity contribution in [2.45, 2.75) is 20.3 Å². The fourth-order valence-electron chi connectivity index (χ4n) is 2.96. The summed E-state index contributed by atoms with van der Waals surface area (Å²) >= 11 is 0. The highest BCUT2D eigenvalue weighted by Crippen LogP contribution is 2.33. The molecule has 2 rings (SSSR count). The highest BCUT2D eigenvalue weighted by molar-refractivity contribution is 5.96. The molecule has 0 saturated carbocycles. The molecule has 1 saturated heterocycles. The van der Waals surface area contributed by atoms with E-state index in [1.165, 1.54) is 19.4 Å². The maximum atomic E-state index is 11.7. The quantitative estimate of drug-likeness (QED) is 0.482. The minimum atomic E-state index is -0.719. The van der Waals surface area contributed by atoms with Gasteiger partial charge in [-0.1, -0.05) is 13.8 Å². The molecule has 1 fully saturated rings. The zero-order chi connectivity index (χ0) is 15.6. The predicted octanol–water partition coefficient (Wildman–Crippen LogP) is 2.26. The monoisotopic (exact) mass is 293 g/mol. The zero-order valence-corrected chi connectivity index (χ0v) is 12.4. The van der Waals surface area contributed by atoms with Crippen molar-refractivity contribution in [3.8, 4) is 0 Å². The van der Waals surface area contributed by atoms with E-state index in [2.05, 4.69) is 23.6 Å². The van der Waals surface area contributed by atoms with Crippen molar-refractivity contribution in [1.82, 2.24) is 4.98 Å². The Morgan fingerprint density at radius 1 is 1.43 bits per heavy atom. The second-order valence-corrected chi connectivity index (χ2v) is 5.63. The SMILES string of the molecule is COC(=O)c1ccnc(N2CC(C)CC(C)C2)c1[N+](=O)[O-]. The summed E-state index contributed by atoms with van der Waals surface area (Å²) in [5.74, 6) is 0.388. The molecule has 0 aromatic carbocycles. The predicted molar refractivity (Wildman–Crippen MR) is 77.4 cm³/mol. The Labute approximate surface area is 123 Å². The number of hydrogen-bond donors (Lipinski definition) is 0. The van der Waals surface area contributed by atoms with Crippen molar-refractivity contribution >= 4 is 17.5 Å². The van der Waals surface area contributed by atoms with Crippen LogP contribution in [0.4, 0.5) is 11.5 Å². The van der Waals surface area contributed by atoms with E-state index in [1.807, 2.05) is 4.90 Å². The summed E-state index contributed by atoms with van der Waals surface area (Å²) in [6.45, 7) is 5.61. The molecule has 0 radical (unpaired) electrons. The molecule has 1 aromatic heterocycles. The number of nitro groups is 1. The summed E-state index contributed by atoms with van der Waals surface area (Å²) < 4.78 is 4.62. The van der Waals surface area contributed by atoms with E-state index in [0.29, 0.717) is 24.9 Å². The van der Waals surface area contributed by atoms with Crippen LogP contribution in [0.15, 0.2) is 12.3 Å². The maximum Gasteiger partial charge on any atom is 0.345 e. The highest BCUT2D eigenvalue weighted by Gasteiger charge is 2.32. The van der Waals surface area contributed by atoms with Gasteiger partial charge in [-0.2, -0.15) is 0 Å². The van der Waals surface area contributed by atoms with E-state index in [-0.39, 0.29) is 17.1 Å². The molecule has 0 N–H and O–H groups in total. The van der Waals surface area contributed by atoms with E-state index in [9.17, 15) is 14.9 Å². The third-order valence-corrected chi connectivity index (χ3v) is 3.66. The number of ether oxygens (including phenoxy) is 1. The normalized spacial score (nSPS) is 22.0. The summed E-state index contributed by atoms with van der Waals surface area (Å²) in [6.07, 6.45) is 2.50. The van der Waals surface area contributed by atoms with Crippen LogP contribution >= 0.6 is 0 Å². The van der Waals surface area contributed by atoms with Gasteiger partial charge in [0.25, 0.3) is 0 Å². The standard InChI is InChI=1S/C14H19N3O4/c1-9-6-10(2)8-16(7-9)13-12(17(19)20)11(4-5-15-13)14(18)21-3/h4-5,9-10H,6-8H2,1-3H3. The Kier molecular flexibility index (Phi) is 4.40. The largest absolute Gasteiger partial charge is 0.465 e. The van der Waals surface area contributed by atoms with Crippen LogP contribution in [-0.2, 0) is 4.74 Å². The molecule has 2 heterocycles. The van der Waals surface area contributed by atoms with Gasteiger partial charge in [-0.05, 0) is 24.3 Å². The lowest BCUT2D eigenvalue weighted by Gasteiger charge is -2.35. The van der Waals surface area contributed by atoms with Gasteiger partial charge in [-0.25, -0.2) is 9.78 Å². The first kappa shape index (κ1) is 15.2. The van der Waals surface area contributed by atoms with Crippen LogP contribution in [0.3, 0.4) is 0 Å². The number of pyridine rings is 1. The summed E-state index contributed by atoms with van der Waals surface area (Å²) in [7, 11) is 1.21. The Morgan fingerprint density at radius 3 is 2.57 bits per heavy atom. The van der Waals surface area contributed by atoms with E-state index < -0.39 is 10.9 Å². The van der Waals surface area contributed by atoms with Gasteiger partial charge in [0, 0.05) is 19.3 Å². The Morgan fingerprint density at radius 2 is 2.05 bits per heavy atom. The average molecular weight is 293 g/mol. The number of nitrogens with zero attached hydrogens (tertiary/aromatic N) is 3. The van der Waals surface area contributed by atoms with Crippen LogP contribution in [0.1, 0.15) is 30.6 Å². The number of aromatic nitrogens is 1. The molecule has 1 aliphatic heterocycles. The number of esters is 1. The van der Waals surface area contributed by atoms with Gasteiger partial charge >= 0.3 is 11.7 Å². The number of hydrogen-bond acceptors (Lipinski definition) is 6. The molecule has 21 heavy (non-hydrogen) atoms. The molecular weight excluding hydrogens is 274 g/mol. The third-order valence-electron chi connectivity index (χ3n) is 3.66. The van der Waals surface area contributed by atoms with Crippen LogP contribution in [0.5, 0.6) is 0 Å². The molecule has 1 aliphatic rings. The first-order valence-corrected chi connectivity index (χ1v) is 6.90. The van der Waals surface area contributed by atoms with Crippen LogP contribution in [0.2, 0.25) is 0 Å². The van der Waals surface area contributed by atoms with E-state index in [4.69, 9.17) is 0 Å². The topological polar surface area (TPSA) is 85.6 Å². The summed E-state index contributed by atoms with van der Waals surface area (Å²) in [5, 5.41) is 11.4. The van der Waals surface area contributed by atoms with Gasteiger partial charge in [-0.15, -0.1) is 0 Å². The number of carbonyl (C=O) groups excluding carboxylic acids is 1. The van der Waals surface area contributed by atoms with Crippen molar-refractivity contribution in [3.05, 3.63) is 27.9 Å². The van der Waals surface area contributed by atoms with Crippen LogP contribution in [0, 0.1) is 22.0 Å². The number of carbonyl (C=O) groups is 1. The smallest absolute Gasteiger partial charge is 0.345 e. The summed E-state index contributed by atoms with van der Waals surface area (Å²) in [4.78, 5) is 28.6. The highest BCUT2D eigenvalue weighted by atomic mass is 16.6. The van der Waals surface area contributed by atoms with Crippen molar-refractivity contribution in [2.24, 2.45) is 11.8 Å². The van der Waals surface area contributed by atoms with Crippen LogP contribution in [-0.4, -0.2) is 36.1 Å². The fourth-order valence-corrected chi connectivity index (χ4v) is 2.96. The van der Waals surface area contributed by atoms with Gasteiger partial charge in [0.2, 0.25) is 5.82 Å². The minimum Gasteiger partial charge on any atom is -0.465 e. The maximum absolute atomic E-state index is 11.7. The number of piperidine rings is 1. The van der Waals surface area contributed by atoms with E-state index in [1.54, 1.807) is 0 Å². The Hall–Kier alpha value is -2.18. The molecule has 1 aromatic rings. The molecule has 114 valence electrons. The van der Waals surface area contributed by atoms with Crippen molar-refractivity contribution in [3.63, 3.8) is 0 Å². The van der Waals surface area contributed by atoms with Gasteiger partial charge in [0.15, 0.2) is 0 Å². The summed E-state index contributed by atoms with van der Waals surface area (Å²) in [6, 6.07) is 1.32. The molecule has 2 unspecified atom stereocenters. The minimum absolute atomic E-state index is 0.0571. The molecule has 0 aliphatic carbocycles. The van der Waals surface area contributed by atoms with Crippen molar-refractivity contribution < 1.29 is 14.5 Å². The van der Waals surface area contributed by atoms with Crippen LogP contribution < -0.4 is 4.90 Å².